The maximum Gasteiger partial charge on any atom is 0.241 e. The van der Waals surface area contributed by atoms with E-state index < -0.39 is 0 Å². The zero-order valence-electron chi connectivity index (χ0n) is 6.59. The fourth-order valence-corrected chi connectivity index (χ4v) is 1.97. The first-order valence-electron chi connectivity index (χ1n) is 3.02. The Morgan fingerprint density at radius 2 is 2.18 bits per heavy atom. The molecule has 0 radical (unpaired) electrons. The van der Waals surface area contributed by atoms with Gasteiger partial charge < -0.3 is 9.64 Å². The van der Waals surface area contributed by atoms with Crippen molar-refractivity contribution in [3.8, 4) is 5.88 Å². The highest BCUT2D eigenvalue weighted by atomic mass is 79.9. The molecule has 1 aromatic rings. The van der Waals surface area contributed by atoms with E-state index in [9.17, 15) is 0 Å². The third kappa shape index (κ3) is 1.84. The molecule has 11 heavy (non-hydrogen) atoms. The minimum absolute atomic E-state index is 0.652. The molecule has 3 nitrogen and oxygen atoms in total. The van der Waals surface area contributed by atoms with Gasteiger partial charge in [-0.1, -0.05) is 11.3 Å². The van der Waals surface area contributed by atoms with E-state index in [2.05, 4.69) is 20.9 Å². The van der Waals surface area contributed by atoms with E-state index >= 15 is 0 Å². The Kier molecular flexibility index (Phi) is 2.72. The van der Waals surface area contributed by atoms with Crippen LogP contribution in [0.4, 0.5) is 5.13 Å². The van der Waals surface area contributed by atoms with E-state index in [1.807, 2.05) is 19.0 Å². The summed E-state index contributed by atoms with van der Waals surface area (Å²) in [6.45, 7) is 0. The standard InChI is InChI=1S/C6H9BrN2OS/c1-9(2)6-8-5(10-3)4(7)11-6/h1-3H3. The van der Waals surface area contributed by atoms with Crippen LogP contribution in [0.5, 0.6) is 5.88 Å². The molecular formula is C6H9BrN2OS. The molecule has 1 heterocycles. The Balaban J connectivity index is 2.95. The van der Waals surface area contributed by atoms with Crippen LogP contribution in [0.1, 0.15) is 0 Å². The highest BCUT2D eigenvalue weighted by molar-refractivity contribution is 9.11. The van der Waals surface area contributed by atoms with Crippen LogP contribution in [0.2, 0.25) is 0 Å². The van der Waals surface area contributed by atoms with Crippen LogP contribution in [0.25, 0.3) is 0 Å². The summed E-state index contributed by atoms with van der Waals surface area (Å²) >= 11 is 4.90. The lowest BCUT2D eigenvalue weighted by Gasteiger charge is -2.04. The smallest absolute Gasteiger partial charge is 0.241 e. The summed E-state index contributed by atoms with van der Waals surface area (Å²) in [5.41, 5.74) is 0. The topological polar surface area (TPSA) is 25.4 Å². The van der Waals surface area contributed by atoms with E-state index in [0.717, 1.165) is 8.92 Å². The van der Waals surface area contributed by atoms with Crippen LogP contribution in [0.3, 0.4) is 0 Å². The number of thiazole rings is 1. The number of aromatic nitrogens is 1. The van der Waals surface area contributed by atoms with Crippen LogP contribution in [0.15, 0.2) is 3.79 Å². The molecule has 0 unspecified atom stereocenters. The molecule has 0 atom stereocenters. The molecule has 0 fully saturated rings. The minimum atomic E-state index is 0.652. The third-order valence-corrected chi connectivity index (χ3v) is 2.94. The summed E-state index contributed by atoms with van der Waals surface area (Å²) in [5.74, 6) is 0.652. The molecule has 0 amide bonds. The van der Waals surface area contributed by atoms with Gasteiger partial charge in [0.25, 0.3) is 0 Å². The van der Waals surface area contributed by atoms with Crippen LogP contribution in [-0.4, -0.2) is 26.2 Å². The van der Waals surface area contributed by atoms with E-state index in [0.29, 0.717) is 5.88 Å². The summed E-state index contributed by atoms with van der Waals surface area (Å²) in [7, 11) is 5.51. The summed E-state index contributed by atoms with van der Waals surface area (Å²) in [5, 5.41) is 0.939. The first kappa shape index (κ1) is 8.80. The maximum absolute atomic E-state index is 5.00. The lowest BCUT2D eigenvalue weighted by Crippen LogP contribution is -2.07. The van der Waals surface area contributed by atoms with E-state index in [1.165, 1.54) is 0 Å². The van der Waals surface area contributed by atoms with Gasteiger partial charge in [-0.2, -0.15) is 4.98 Å². The monoisotopic (exact) mass is 236 g/mol. The molecule has 0 spiro atoms. The number of halogens is 1. The van der Waals surface area contributed by atoms with Crippen molar-refractivity contribution in [2.75, 3.05) is 26.1 Å². The SMILES string of the molecule is COc1nc(N(C)C)sc1Br. The summed E-state index contributed by atoms with van der Waals surface area (Å²) in [6, 6.07) is 0. The van der Waals surface area contributed by atoms with Gasteiger partial charge in [0, 0.05) is 14.1 Å². The van der Waals surface area contributed by atoms with Gasteiger partial charge in [0.15, 0.2) is 5.13 Å². The van der Waals surface area contributed by atoms with Gasteiger partial charge in [-0.25, -0.2) is 0 Å². The number of methoxy groups -OCH3 is 1. The molecule has 1 aromatic heterocycles. The Labute approximate surface area is 78.1 Å². The first-order chi connectivity index (χ1) is 5.15. The highest BCUT2D eigenvalue weighted by Gasteiger charge is 2.09. The zero-order chi connectivity index (χ0) is 8.43. The van der Waals surface area contributed by atoms with Crippen molar-refractivity contribution in [3.05, 3.63) is 3.79 Å². The predicted molar refractivity (Wildman–Crippen MR) is 50.7 cm³/mol. The molecule has 1 rings (SSSR count). The molecule has 0 aromatic carbocycles. The number of anilines is 1. The van der Waals surface area contributed by atoms with Crippen LogP contribution in [-0.2, 0) is 0 Å². The summed E-state index contributed by atoms with van der Waals surface area (Å²) in [4.78, 5) is 6.15. The van der Waals surface area contributed by atoms with Gasteiger partial charge in [-0.15, -0.1) is 0 Å². The quantitative estimate of drug-likeness (QED) is 0.786. The Bertz CT molecular complexity index is 249. The first-order valence-corrected chi connectivity index (χ1v) is 4.63. The van der Waals surface area contributed by atoms with E-state index in [1.54, 1.807) is 18.4 Å². The second-order valence-electron chi connectivity index (χ2n) is 2.17. The number of hydrogen-bond donors (Lipinski definition) is 0. The second-order valence-corrected chi connectivity index (χ2v) is 4.47. The van der Waals surface area contributed by atoms with Gasteiger partial charge in [0.1, 0.15) is 3.79 Å². The van der Waals surface area contributed by atoms with Gasteiger partial charge >= 0.3 is 0 Å². The molecule has 0 aliphatic rings. The zero-order valence-corrected chi connectivity index (χ0v) is 8.99. The molecule has 0 N–H and O–H groups in total. The van der Waals surface area contributed by atoms with Crippen molar-refractivity contribution in [2.45, 2.75) is 0 Å². The Hall–Kier alpha value is -0.290. The number of nitrogens with zero attached hydrogens (tertiary/aromatic N) is 2. The van der Waals surface area contributed by atoms with E-state index in [-0.39, 0.29) is 0 Å². The molecule has 0 saturated carbocycles. The van der Waals surface area contributed by atoms with Crippen molar-refractivity contribution in [1.82, 2.24) is 4.98 Å². The van der Waals surface area contributed by atoms with Crippen molar-refractivity contribution in [3.63, 3.8) is 0 Å². The van der Waals surface area contributed by atoms with Gasteiger partial charge in [-0.3, -0.25) is 0 Å². The molecule has 62 valence electrons. The highest BCUT2D eigenvalue weighted by Crippen LogP contribution is 2.34. The fraction of sp³-hybridized carbons (Fsp3) is 0.500. The lowest BCUT2D eigenvalue weighted by atomic mass is 10.8. The van der Waals surface area contributed by atoms with Gasteiger partial charge in [-0.05, 0) is 15.9 Å². The molecule has 0 saturated heterocycles. The summed E-state index contributed by atoms with van der Waals surface area (Å²) in [6.07, 6.45) is 0. The maximum atomic E-state index is 5.00. The minimum Gasteiger partial charge on any atom is -0.480 e. The normalized spacial score (nSPS) is 9.82. The largest absolute Gasteiger partial charge is 0.480 e. The molecular weight excluding hydrogens is 228 g/mol. The third-order valence-electron chi connectivity index (χ3n) is 1.12. The van der Waals surface area contributed by atoms with Crippen molar-refractivity contribution in [2.24, 2.45) is 0 Å². The van der Waals surface area contributed by atoms with Crippen molar-refractivity contribution >= 4 is 32.4 Å². The lowest BCUT2D eigenvalue weighted by molar-refractivity contribution is 0.398. The van der Waals surface area contributed by atoms with Crippen LogP contribution in [0, 0.1) is 0 Å². The number of rotatable bonds is 2. The van der Waals surface area contributed by atoms with Crippen LogP contribution >= 0.6 is 27.3 Å². The van der Waals surface area contributed by atoms with Crippen molar-refractivity contribution in [1.29, 1.82) is 0 Å². The van der Waals surface area contributed by atoms with Gasteiger partial charge in [0.05, 0.1) is 7.11 Å². The van der Waals surface area contributed by atoms with Crippen molar-refractivity contribution < 1.29 is 4.74 Å². The molecule has 0 bridgehead atoms. The Morgan fingerprint density at radius 1 is 1.55 bits per heavy atom. The molecule has 0 aliphatic heterocycles. The predicted octanol–water partition coefficient (Wildman–Crippen LogP) is 1.98. The Morgan fingerprint density at radius 3 is 2.45 bits per heavy atom. The summed E-state index contributed by atoms with van der Waals surface area (Å²) < 4.78 is 5.94. The average Bonchev–Trinajstić information content (AvgIpc) is 2.31. The molecule has 0 aliphatic carbocycles. The molecule has 5 heteroatoms. The average molecular weight is 237 g/mol. The number of hydrogen-bond acceptors (Lipinski definition) is 4. The van der Waals surface area contributed by atoms with E-state index in [4.69, 9.17) is 4.74 Å². The number of ether oxygens (including phenoxy) is 1. The second kappa shape index (κ2) is 3.40. The fourth-order valence-electron chi connectivity index (χ4n) is 0.595. The van der Waals surface area contributed by atoms with Crippen LogP contribution < -0.4 is 9.64 Å². The van der Waals surface area contributed by atoms with Gasteiger partial charge in [0.2, 0.25) is 5.88 Å².